The number of hydrogen-bond donors (Lipinski definition) is 0. The van der Waals surface area contributed by atoms with E-state index in [2.05, 4.69) is 25.7 Å². The number of esters is 1. The fourth-order valence-electron chi connectivity index (χ4n) is 2.42. The molecule has 3 nitrogen and oxygen atoms in total. The molecular formula is C14H27NO2. The van der Waals surface area contributed by atoms with E-state index in [9.17, 15) is 4.79 Å². The lowest BCUT2D eigenvalue weighted by molar-refractivity contribution is -0.148. The highest BCUT2D eigenvalue weighted by Crippen LogP contribution is 2.31. The van der Waals surface area contributed by atoms with Gasteiger partial charge in [-0.15, -0.1) is 0 Å². The maximum atomic E-state index is 11.8. The highest BCUT2D eigenvalue weighted by Gasteiger charge is 2.32. The quantitative estimate of drug-likeness (QED) is 0.693. The zero-order valence-corrected chi connectivity index (χ0v) is 11.8. The predicted octanol–water partition coefficient (Wildman–Crippen LogP) is 2.84. The van der Waals surface area contributed by atoms with E-state index in [1.165, 1.54) is 20.0 Å². The number of ether oxygens (including phenoxy) is 1. The van der Waals surface area contributed by atoms with Crippen molar-refractivity contribution < 1.29 is 9.53 Å². The van der Waals surface area contributed by atoms with Crippen molar-refractivity contribution in [2.45, 2.75) is 58.9 Å². The maximum Gasteiger partial charge on any atom is 0.323 e. The summed E-state index contributed by atoms with van der Waals surface area (Å²) < 4.78 is 4.93. The van der Waals surface area contributed by atoms with Crippen LogP contribution < -0.4 is 0 Å². The van der Waals surface area contributed by atoms with E-state index in [4.69, 9.17) is 4.74 Å². The van der Waals surface area contributed by atoms with Crippen LogP contribution in [0.3, 0.4) is 0 Å². The average molecular weight is 241 g/mol. The molecule has 1 aliphatic rings. The van der Waals surface area contributed by atoms with E-state index >= 15 is 0 Å². The first-order valence-corrected chi connectivity index (χ1v) is 6.82. The molecule has 1 atom stereocenters. The molecule has 0 aliphatic carbocycles. The summed E-state index contributed by atoms with van der Waals surface area (Å²) in [7, 11) is 1.50. The minimum Gasteiger partial charge on any atom is -0.468 e. The van der Waals surface area contributed by atoms with Crippen molar-refractivity contribution in [2.24, 2.45) is 5.41 Å². The predicted molar refractivity (Wildman–Crippen MR) is 69.9 cm³/mol. The number of carbonyl (C=O) groups excluding carboxylic acids is 1. The van der Waals surface area contributed by atoms with Gasteiger partial charge in [-0.1, -0.05) is 33.6 Å². The Balaban J connectivity index is 2.55. The van der Waals surface area contributed by atoms with E-state index in [0.717, 1.165) is 32.4 Å². The largest absolute Gasteiger partial charge is 0.468 e. The standard InChI is InChI=1S/C14H27NO2/c1-5-6-7-12(13(16)17-4)15-10-8-14(2,3)9-11-15/h12H,5-11H2,1-4H3. The molecule has 17 heavy (non-hydrogen) atoms. The summed E-state index contributed by atoms with van der Waals surface area (Å²) in [6, 6.07) is -0.0175. The van der Waals surface area contributed by atoms with Crippen molar-refractivity contribution in [1.29, 1.82) is 0 Å². The Labute approximate surface area is 106 Å². The third-order valence-electron chi connectivity index (χ3n) is 3.90. The Hall–Kier alpha value is -0.570. The first-order chi connectivity index (χ1) is 8.00. The van der Waals surface area contributed by atoms with Crippen LogP contribution in [0.15, 0.2) is 0 Å². The zero-order valence-electron chi connectivity index (χ0n) is 11.8. The fourth-order valence-corrected chi connectivity index (χ4v) is 2.42. The summed E-state index contributed by atoms with van der Waals surface area (Å²) in [5.74, 6) is -0.0573. The topological polar surface area (TPSA) is 29.5 Å². The number of rotatable bonds is 5. The van der Waals surface area contributed by atoms with Gasteiger partial charge in [-0.05, 0) is 37.8 Å². The molecule has 1 heterocycles. The highest BCUT2D eigenvalue weighted by atomic mass is 16.5. The van der Waals surface area contributed by atoms with Crippen LogP contribution in [-0.4, -0.2) is 37.1 Å². The van der Waals surface area contributed by atoms with Gasteiger partial charge in [0, 0.05) is 0 Å². The van der Waals surface area contributed by atoms with Gasteiger partial charge in [0.05, 0.1) is 7.11 Å². The Morgan fingerprint density at radius 2 is 1.94 bits per heavy atom. The molecule has 0 N–H and O–H groups in total. The molecule has 0 aromatic rings. The Kier molecular flexibility index (Phi) is 5.44. The molecular weight excluding hydrogens is 214 g/mol. The van der Waals surface area contributed by atoms with Crippen LogP contribution in [0.1, 0.15) is 52.9 Å². The van der Waals surface area contributed by atoms with Gasteiger partial charge >= 0.3 is 5.97 Å². The number of piperidine rings is 1. The molecule has 0 amide bonds. The number of methoxy groups -OCH3 is 1. The number of hydrogen-bond acceptors (Lipinski definition) is 3. The molecule has 0 radical (unpaired) electrons. The number of carbonyl (C=O) groups is 1. The van der Waals surface area contributed by atoms with Crippen LogP contribution in [0.4, 0.5) is 0 Å². The summed E-state index contributed by atoms with van der Waals surface area (Å²) in [5, 5.41) is 0. The monoisotopic (exact) mass is 241 g/mol. The molecule has 0 aromatic heterocycles. The molecule has 3 heteroatoms. The average Bonchev–Trinajstić information content (AvgIpc) is 2.30. The van der Waals surface area contributed by atoms with Gasteiger partial charge in [0.25, 0.3) is 0 Å². The van der Waals surface area contributed by atoms with Gasteiger partial charge in [-0.25, -0.2) is 0 Å². The van der Waals surface area contributed by atoms with Gasteiger partial charge in [0.15, 0.2) is 0 Å². The zero-order chi connectivity index (χ0) is 12.9. The molecule has 0 spiro atoms. The van der Waals surface area contributed by atoms with Crippen molar-refractivity contribution in [3.63, 3.8) is 0 Å². The smallest absolute Gasteiger partial charge is 0.323 e. The van der Waals surface area contributed by atoms with Crippen LogP contribution >= 0.6 is 0 Å². The summed E-state index contributed by atoms with van der Waals surface area (Å²) in [6.07, 6.45) is 5.51. The van der Waals surface area contributed by atoms with E-state index in [-0.39, 0.29) is 12.0 Å². The minimum atomic E-state index is -0.0573. The Morgan fingerprint density at radius 3 is 2.41 bits per heavy atom. The summed E-state index contributed by atoms with van der Waals surface area (Å²) in [5.41, 5.74) is 0.432. The number of nitrogens with zero attached hydrogens (tertiary/aromatic N) is 1. The molecule has 1 saturated heterocycles. The van der Waals surface area contributed by atoms with E-state index in [1.54, 1.807) is 0 Å². The summed E-state index contributed by atoms with van der Waals surface area (Å²) in [6.45, 7) is 8.83. The van der Waals surface area contributed by atoms with E-state index in [0.29, 0.717) is 5.41 Å². The second-order valence-electron chi connectivity index (χ2n) is 5.88. The fraction of sp³-hybridized carbons (Fsp3) is 0.929. The molecule has 1 rings (SSSR count). The van der Waals surface area contributed by atoms with Gasteiger partial charge in [0.1, 0.15) is 6.04 Å². The molecule has 0 saturated carbocycles. The number of unbranched alkanes of at least 4 members (excludes halogenated alkanes) is 1. The Morgan fingerprint density at radius 1 is 1.35 bits per heavy atom. The van der Waals surface area contributed by atoms with Crippen LogP contribution in [0.2, 0.25) is 0 Å². The normalized spacial score (nSPS) is 22.1. The molecule has 0 bridgehead atoms. The first-order valence-electron chi connectivity index (χ1n) is 6.82. The van der Waals surface area contributed by atoms with Gasteiger partial charge < -0.3 is 4.74 Å². The minimum absolute atomic E-state index is 0.0175. The SMILES string of the molecule is CCCCC(C(=O)OC)N1CCC(C)(C)CC1. The molecule has 1 aliphatic heterocycles. The van der Waals surface area contributed by atoms with Gasteiger partial charge in [0.2, 0.25) is 0 Å². The van der Waals surface area contributed by atoms with Crippen LogP contribution in [0.5, 0.6) is 0 Å². The van der Waals surface area contributed by atoms with Crippen LogP contribution in [-0.2, 0) is 9.53 Å². The summed E-state index contributed by atoms with van der Waals surface area (Å²) >= 11 is 0. The molecule has 1 unspecified atom stereocenters. The highest BCUT2D eigenvalue weighted by molar-refractivity contribution is 5.75. The third kappa shape index (κ3) is 4.30. The lowest BCUT2D eigenvalue weighted by Gasteiger charge is -2.40. The second kappa shape index (κ2) is 6.39. The lowest BCUT2D eigenvalue weighted by Crippen LogP contribution is -2.47. The van der Waals surface area contributed by atoms with Crippen molar-refractivity contribution in [3.05, 3.63) is 0 Å². The third-order valence-corrected chi connectivity index (χ3v) is 3.90. The molecule has 100 valence electrons. The van der Waals surface area contributed by atoms with Gasteiger partial charge in [-0.2, -0.15) is 0 Å². The van der Waals surface area contributed by atoms with Crippen molar-refractivity contribution in [3.8, 4) is 0 Å². The lowest BCUT2D eigenvalue weighted by atomic mass is 9.82. The van der Waals surface area contributed by atoms with E-state index in [1.807, 2.05) is 0 Å². The van der Waals surface area contributed by atoms with Crippen molar-refractivity contribution >= 4 is 5.97 Å². The van der Waals surface area contributed by atoms with Crippen LogP contribution in [0, 0.1) is 5.41 Å². The van der Waals surface area contributed by atoms with E-state index < -0.39 is 0 Å². The van der Waals surface area contributed by atoms with Crippen molar-refractivity contribution in [2.75, 3.05) is 20.2 Å². The second-order valence-corrected chi connectivity index (χ2v) is 5.88. The molecule has 1 fully saturated rings. The first kappa shape index (κ1) is 14.5. The maximum absolute atomic E-state index is 11.8. The van der Waals surface area contributed by atoms with Crippen molar-refractivity contribution in [1.82, 2.24) is 4.90 Å². The van der Waals surface area contributed by atoms with Gasteiger partial charge in [-0.3, -0.25) is 9.69 Å². The Bertz CT molecular complexity index is 241. The van der Waals surface area contributed by atoms with Crippen LogP contribution in [0.25, 0.3) is 0 Å². The summed E-state index contributed by atoms with van der Waals surface area (Å²) in [4.78, 5) is 14.1. The number of likely N-dealkylation sites (tertiary alicyclic amines) is 1. The molecule has 0 aromatic carbocycles.